The van der Waals surface area contributed by atoms with E-state index in [1.54, 1.807) is 13.2 Å². The van der Waals surface area contributed by atoms with Gasteiger partial charge in [0.2, 0.25) is 0 Å². The third-order valence-corrected chi connectivity index (χ3v) is 2.90. The molecule has 4 nitrogen and oxygen atoms in total. The average molecular weight is 234 g/mol. The lowest BCUT2D eigenvalue weighted by molar-refractivity contribution is 0.109. The van der Waals surface area contributed by atoms with Crippen molar-refractivity contribution in [1.82, 2.24) is 0 Å². The molecule has 1 aromatic carbocycles. The van der Waals surface area contributed by atoms with Crippen LogP contribution in [-0.4, -0.2) is 19.6 Å². The maximum atomic E-state index is 7.41. The fourth-order valence-corrected chi connectivity index (χ4v) is 1.68. The molecule has 0 amide bonds. The van der Waals surface area contributed by atoms with Crippen molar-refractivity contribution in [1.29, 1.82) is 5.41 Å². The van der Waals surface area contributed by atoms with Crippen molar-refractivity contribution in [2.45, 2.75) is 19.4 Å². The first-order valence-electron chi connectivity index (χ1n) is 5.79. The van der Waals surface area contributed by atoms with Crippen LogP contribution in [0.3, 0.4) is 0 Å². The number of hydrogen-bond acceptors (Lipinski definition) is 3. The summed E-state index contributed by atoms with van der Waals surface area (Å²) >= 11 is 0. The van der Waals surface area contributed by atoms with Gasteiger partial charge in [-0.1, -0.05) is 0 Å². The Morgan fingerprint density at radius 3 is 2.82 bits per heavy atom. The predicted octanol–water partition coefficient (Wildman–Crippen LogP) is 1.91. The third-order valence-electron chi connectivity index (χ3n) is 2.90. The predicted molar refractivity (Wildman–Crippen MR) is 66.4 cm³/mol. The number of ether oxygens (including phenoxy) is 2. The van der Waals surface area contributed by atoms with Crippen LogP contribution in [0.25, 0.3) is 0 Å². The summed E-state index contributed by atoms with van der Waals surface area (Å²) in [6.45, 7) is 1.33. The Bertz CT molecular complexity index is 414. The van der Waals surface area contributed by atoms with E-state index in [-0.39, 0.29) is 5.84 Å². The smallest absolute Gasteiger partial charge is 0.124 e. The number of methoxy groups -OCH3 is 1. The third kappa shape index (κ3) is 3.20. The maximum absolute atomic E-state index is 7.41. The molecule has 4 heteroatoms. The molecule has 0 unspecified atom stereocenters. The van der Waals surface area contributed by atoms with Crippen molar-refractivity contribution in [3.8, 4) is 5.75 Å². The van der Waals surface area contributed by atoms with Gasteiger partial charge < -0.3 is 15.2 Å². The fourth-order valence-electron chi connectivity index (χ4n) is 1.68. The molecule has 1 saturated carbocycles. The number of nitrogens with one attached hydrogen (secondary N) is 1. The molecule has 0 bridgehead atoms. The lowest BCUT2D eigenvalue weighted by Crippen LogP contribution is -2.12. The highest BCUT2D eigenvalue weighted by atomic mass is 16.5. The number of amidine groups is 1. The first-order chi connectivity index (χ1) is 8.20. The highest BCUT2D eigenvalue weighted by molar-refractivity contribution is 5.95. The molecule has 0 saturated heterocycles. The average Bonchev–Trinajstić information content (AvgIpc) is 3.13. The van der Waals surface area contributed by atoms with Crippen molar-refractivity contribution < 1.29 is 9.47 Å². The fraction of sp³-hybridized carbons (Fsp3) is 0.462. The van der Waals surface area contributed by atoms with Crippen molar-refractivity contribution >= 4 is 5.84 Å². The van der Waals surface area contributed by atoms with Gasteiger partial charge in [-0.05, 0) is 37.0 Å². The number of nitrogen functional groups attached to an aromatic ring is 1. The van der Waals surface area contributed by atoms with E-state index in [2.05, 4.69) is 0 Å². The molecule has 1 aliphatic rings. The molecular formula is C13H18N2O2. The summed E-state index contributed by atoms with van der Waals surface area (Å²) in [5, 5.41) is 7.41. The van der Waals surface area contributed by atoms with Crippen molar-refractivity contribution in [3.05, 3.63) is 29.3 Å². The quantitative estimate of drug-likeness (QED) is 0.583. The second kappa shape index (κ2) is 5.19. The Hall–Kier alpha value is -1.55. The summed E-state index contributed by atoms with van der Waals surface area (Å²) in [5.41, 5.74) is 7.11. The lowest BCUT2D eigenvalue weighted by atomic mass is 10.1. The van der Waals surface area contributed by atoms with E-state index in [0.717, 1.165) is 23.8 Å². The largest absolute Gasteiger partial charge is 0.496 e. The van der Waals surface area contributed by atoms with Gasteiger partial charge in [0.15, 0.2) is 0 Å². The van der Waals surface area contributed by atoms with Crippen molar-refractivity contribution in [2.75, 3.05) is 13.7 Å². The van der Waals surface area contributed by atoms with Gasteiger partial charge in [-0.15, -0.1) is 0 Å². The second-order valence-corrected chi connectivity index (χ2v) is 4.40. The van der Waals surface area contributed by atoms with E-state index in [9.17, 15) is 0 Å². The topological polar surface area (TPSA) is 68.3 Å². The van der Waals surface area contributed by atoms with Gasteiger partial charge in [0.05, 0.1) is 13.7 Å². The van der Waals surface area contributed by atoms with Gasteiger partial charge in [-0.3, -0.25) is 5.41 Å². The molecule has 3 N–H and O–H groups in total. The Morgan fingerprint density at radius 2 is 2.24 bits per heavy atom. The summed E-state index contributed by atoms with van der Waals surface area (Å²) in [6, 6.07) is 5.46. The van der Waals surface area contributed by atoms with Gasteiger partial charge in [-0.25, -0.2) is 0 Å². The molecule has 0 aliphatic heterocycles. The summed E-state index contributed by atoms with van der Waals surface area (Å²) in [5.74, 6) is 1.60. The Morgan fingerprint density at radius 1 is 1.47 bits per heavy atom. The van der Waals surface area contributed by atoms with E-state index in [4.69, 9.17) is 20.6 Å². The summed E-state index contributed by atoms with van der Waals surface area (Å²) in [7, 11) is 1.63. The number of rotatable bonds is 6. The van der Waals surface area contributed by atoms with E-state index in [1.807, 2.05) is 12.1 Å². The van der Waals surface area contributed by atoms with Gasteiger partial charge in [0.25, 0.3) is 0 Å². The second-order valence-electron chi connectivity index (χ2n) is 4.40. The van der Waals surface area contributed by atoms with Crippen LogP contribution < -0.4 is 10.5 Å². The van der Waals surface area contributed by atoms with E-state index in [1.165, 1.54) is 12.8 Å². The molecule has 17 heavy (non-hydrogen) atoms. The standard InChI is InChI=1S/C13H18N2O2/c1-16-12-5-4-10(13(14)15)6-11(12)8-17-7-9-2-3-9/h4-6,9H,2-3,7-8H2,1H3,(H3,14,15). The Balaban J connectivity index is 2.04. The highest BCUT2D eigenvalue weighted by Gasteiger charge is 2.21. The number of benzene rings is 1. The normalized spacial score (nSPS) is 14.6. The van der Waals surface area contributed by atoms with Crippen LogP contribution >= 0.6 is 0 Å². The molecule has 1 aliphatic carbocycles. The zero-order valence-corrected chi connectivity index (χ0v) is 10.0. The van der Waals surface area contributed by atoms with E-state index < -0.39 is 0 Å². The molecule has 0 radical (unpaired) electrons. The summed E-state index contributed by atoms with van der Waals surface area (Å²) in [6.07, 6.45) is 2.56. The van der Waals surface area contributed by atoms with Gasteiger partial charge in [-0.2, -0.15) is 0 Å². The Labute approximate surface area is 101 Å². The maximum Gasteiger partial charge on any atom is 0.124 e. The molecule has 2 rings (SSSR count). The van der Waals surface area contributed by atoms with Gasteiger partial charge in [0.1, 0.15) is 11.6 Å². The Kier molecular flexibility index (Phi) is 3.64. The van der Waals surface area contributed by atoms with Crippen LogP contribution in [0.15, 0.2) is 18.2 Å². The van der Waals surface area contributed by atoms with Gasteiger partial charge in [0, 0.05) is 17.7 Å². The van der Waals surface area contributed by atoms with Crippen LogP contribution in [0.2, 0.25) is 0 Å². The van der Waals surface area contributed by atoms with Crippen LogP contribution in [0.5, 0.6) is 5.75 Å². The molecule has 92 valence electrons. The van der Waals surface area contributed by atoms with E-state index in [0.29, 0.717) is 12.2 Å². The molecular weight excluding hydrogens is 216 g/mol. The van der Waals surface area contributed by atoms with Crippen LogP contribution in [0, 0.1) is 11.3 Å². The highest BCUT2D eigenvalue weighted by Crippen LogP contribution is 2.29. The van der Waals surface area contributed by atoms with Crippen molar-refractivity contribution in [3.63, 3.8) is 0 Å². The zero-order valence-electron chi connectivity index (χ0n) is 10.0. The molecule has 1 aromatic rings. The van der Waals surface area contributed by atoms with Crippen molar-refractivity contribution in [2.24, 2.45) is 11.7 Å². The first kappa shape index (κ1) is 11.9. The summed E-state index contributed by atoms with van der Waals surface area (Å²) < 4.78 is 10.9. The van der Waals surface area contributed by atoms with E-state index >= 15 is 0 Å². The lowest BCUT2D eigenvalue weighted by Gasteiger charge is -2.10. The minimum absolute atomic E-state index is 0.0658. The van der Waals surface area contributed by atoms with Crippen LogP contribution in [0.1, 0.15) is 24.0 Å². The summed E-state index contributed by atoms with van der Waals surface area (Å²) in [4.78, 5) is 0. The molecule has 0 aromatic heterocycles. The molecule has 0 spiro atoms. The molecule has 0 heterocycles. The van der Waals surface area contributed by atoms with Crippen LogP contribution in [-0.2, 0) is 11.3 Å². The van der Waals surface area contributed by atoms with Crippen LogP contribution in [0.4, 0.5) is 0 Å². The van der Waals surface area contributed by atoms with Gasteiger partial charge >= 0.3 is 0 Å². The SMILES string of the molecule is COc1ccc(C(=N)N)cc1COCC1CC1. The minimum atomic E-state index is 0.0658. The number of hydrogen-bond donors (Lipinski definition) is 2. The number of nitrogens with two attached hydrogens (primary N) is 1. The first-order valence-corrected chi connectivity index (χ1v) is 5.79. The zero-order chi connectivity index (χ0) is 12.3. The minimum Gasteiger partial charge on any atom is -0.496 e. The monoisotopic (exact) mass is 234 g/mol. The molecule has 1 fully saturated rings. The molecule has 0 atom stereocenters.